The van der Waals surface area contributed by atoms with Crippen molar-refractivity contribution in [3.8, 4) is 23.3 Å². The van der Waals surface area contributed by atoms with Crippen LogP contribution < -0.4 is 11.3 Å². The number of nitriles is 2. The average molecular weight is 254 g/mol. The summed E-state index contributed by atoms with van der Waals surface area (Å²) < 4.78 is 13.8. The molecule has 0 atom stereocenters. The second kappa shape index (κ2) is 4.63. The fraction of sp³-hybridized carbons (Fsp3) is 0. The van der Waals surface area contributed by atoms with Gasteiger partial charge in [0.2, 0.25) is 0 Å². The van der Waals surface area contributed by atoms with Gasteiger partial charge in [0.25, 0.3) is 5.56 Å². The molecule has 0 aliphatic carbocycles. The second-order valence-corrected chi connectivity index (χ2v) is 3.70. The van der Waals surface area contributed by atoms with Crippen LogP contribution in [0.3, 0.4) is 0 Å². The molecule has 0 saturated heterocycles. The zero-order valence-electron chi connectivity index (χ0n) is 9.57. The predicted molar refractivity (Wildman–Crippen MR) is 66.3 cm³/mol. The van der Waals surface area contributed by atoms with Crippen molar-refractivity contribution in [2.75, 3.05) is 5.73 Å². The van der Waals surface area contributed by atoms with Gasteiger partial charge in [-0.1, -0.05) is 18.2 Å². The molecule has 92 valence electrons. The highest BCUT2D eigenvalue weighted by Crippen LogP contribution is 2.29. The number of nitrogens with two attached hydrogens (primary N) is 1. The highest BCUT2D eigenvalue weighted by Gasteiger charge is 2.20. The van der Waals surface area contributed by atoms with Crippen LogP contribution in [-0.2, 0) is 0 Å². The molecule has 0 aliphatic rings. The third kappa shape index (κ3) is 1.92. The second-order valence-electron chi connectivity index (χ2n) is 3.70. The van der Waals surface area contributed by atoms with E-state index in [0.717, 1.165) is 0 Å². The van der Waals surface area contributed by atoms with Crippen LogP contribution in [0.1, 0.15) is 11.1 Å². The van der Waals surface area contributed by atoms with E-state index in [-0.39, 0.29) is 28.1 Å². The molecule has 5 nitrogen and oxygen atoms in total. The molecule has 6 heteroatoms. The molecular weight excluding hydrogens is 247 g/mol. The third-order valence-corrected chi connectivity index (χ3v) is 2.61. The number of pyridine rings is 1. The molecule has 1 aromatic carbocycles. The zero-order chi connectivity index (χ0) is 14.0. The SMILES string of the molecule is N#Cc1c(N)[nH]c(=O)c(C#N)c1-c1ccccc1F. The van der Waals surface area contributed by atoms with Gasteiger partial charge in [-0.2, -0.15) is 10.5 Å². The Morgan fingerprint density at radius 3 is 2.37 bits per heavy atom. The molecule has 0 spiro atoms. The molecule has 0 aliphatic heterocycles. The first-order chi connectivity index (χ1) is 9.10. The molecule has 0 fully saturated rings. The molecule has 1 aromatic heterocycles. The Morgan fingerprint density at radius 2 is 1.79 bits per heavy atom. The molecule has 0 unspecified atom stereocenters. The van der Waals surface area contributed by atoms with Crippen LogP contribution in [0.5, 0.6) is 0 Å². The maximum atomic E-state index is 13.8. The lowest BCUT2D eigenvalue weighted by Gasteiger charge is -2.09. The van der Waals surface area contributed by atoms with Crippen molar-refractivity contribution < 1.29 is 4.39 Å². The van der Waals surface area contributed by atoms with E-state index in [1.54, 1.807) is 12.1 Å². The van der Waals surface area contributed by atoms with Crippen molar-refractivity contribution in [1.29, 1.82) is 10.5 Å². The van der Waals surface area contributed by atoms with Gasteiger partial charge < -0.3 is 10.7 Å². The summed E-state index contributed by atoms with van der Waals surface area (Å²) in [5, 5.41) is 18.1. The topological polar surface area (TPSA) is 106 Å². The first-order valence-electron chi connectivity index (χ1n) is 5.21. The molecule has 2 rings (SSSR count). The number of nitrogens with zero attached hydrogens (tertiary/aromatic N) is 2. The number of halogens is 1. The highest BCUT2D eigenvalue weighted by atomic mass is 19.1. The Hall–Kier alpha value is -3.12. The van der Waals surface area contributed by atoms with Crippen LogP contribution in [0.2, 0.25) is 0 Å². The van der Waals surface area contributed by atoms with Crippen LogP contribution in [0, 0.1) is 28.5 Å². The number of nitrogens with one attached hydrogen (secondary N) is 1. The Bertz CT molecular complexity index is 796. The van der Waals surface area contributed by atoms with Crippen LogP contribution in [0.4, 0.5) is 10.2 Å². The lowest BCUT2D eigenvalue weighted by atomic mass is 9.96. The summed E-state index contributed by atoms with van der Waals surface area (Å²) in [5.41, 5.74) is 4.23. The van der Waals surface area contributed by atoms with Gasteiger partial charge >= 0.3 is 0 Å². The summed E-state index contributed by atoms with van der Waals surface area (Å²) in [4.78, 5) is 13.8. The van der Waals surface area contributed by atoms with E-state index >= 15 is 0 Å². The number of H-pyrrole nitrogens is 1. The molecule has 0 amide bonds. The highest BCUT2D eigenvalue weighted by molar-refractivity contribution is 5.80. The van der Waals surface area contributed by atoms with E-state index in [9.17, 15) is 9.18 Å². The summed E-state index contributed by atoms with van der Waals surface area (Å²) >= 11 is 0. The van der Waals surface area contributed by atoms with Crippen molar-refractivity contribution in [3.05, 3.63) is 51.6 Å². The lowest BCUT2D eigenvalue weighted by Crippen LogP contribution is -2.16. The van der Waals surface area contributed by atoms with Crippen LogP contribution in [0.15, 0.2) is 29.1 Å². The van der Waals surface area contributed by atoms with Gasteiger partial charge in [0.1, 0.15) is 34.9 Å². The van der Waals surface area contributed by atoms with Gasteiger partial charge in [-0.3, -0.25) is 4.79 Å². The van der Waals surface area contributed by atoms with Gasteiger partial charge in [-0.25, -0.2) is 4.39 Å². The molecule has 0 bridgehead atoms. The van der Waals surface area contributed by atoms with Crippen molar-refractivity contribution in [1.82, 2.24) is 4.98 Å². The monoisotopic (exact) mass is 254 g/mol. The molecule has 2 aromatic rings. The maximum absolute atomic E-state index is 13.8. The molecule has 19 heavy (non-hydrogen) atoms. The van der Waals surface area contributed by atoms with Gasteiger partial charge in [0.05, 0.1) is 0 Å². The van der Waals surface area contributed by atoms with E-state index in [1.807, 2.05) is 0 Å². The average Bonchev–Trinajstić information content (AvgIpc) is 2.38. The summed E-state index contributed by atoms with van der Waals surface area (Å²) in [6, 6.07) is 9.01. The van der Waals surface area contributed by atoms with Gasteiger partial charge in [0.15, 0.2) is 0 Å². The number of hydrogen-bond acceptors (Lipinski definition) is 4. The maximum Gasteiger partial charge on any atom is 0.268 e. The van der Waals surface area contributed by atoms with Crippen LogP contribution in [0.25, 0.3) is 11.1 Å². The van der Waals surface area contributed by atoms with Crippen LogP contribution >= 0.6 is 0 Å². The minimum absolute atomic E-state index is 0.00611. The lowest BCUT2D eigenvalue weighted by molar-refractivity contribution is 0.631. The minimum atomic E-state index is -0.753. The largest absolute Gasteiger partial charge is 0.384 e. The number of hydrogen-bond donors (Lipinski definition) is 2. The summed E-state index contributed by atoms with van der Waals surface area (Å²) in [5.74, 6) is -0.828. The van der Waals surface area contributed by atoms with Crippen molar-refractivity contribution in [2.24, 2.45) is 0 Å². The first kappa shape index (κ1) is 12.3. The van der Waals surface area contributed by atoms with Gasteiger partial charge in [-0.05, 0) is 6.07 Å². The number of nitrogen functional groups attached to an aromatic ring is 1. The molecule has 1 heterocycles. The molecular formula is C13H7FN4O. The Balaban J connectivity index is 2.99. The number of aromatic amines is 1. The third-order valence-electron chi connectivity index (χ3n) is 2.61. The number of anilines is 1. The quantitative estimate of drug-likeness (QED) is 0.804. The van der Waals surface area contributed by atoms with Crippen LogP contribution in [-0.4, -0.2) is 4.98 Å². The summed E-state index contributed by atoms with van der Waals surface area (Å²) in [6.07, 6.45) is 0. The number of rotatable bonds is 1. The normalized spacial score (nSPS) is 9.63. The number of benzene rings is 1. The van der Waals surface area contributed by atoms with E-state index in [2.05, 4.69) is 4.98 Å². The fourth-order valence-electron chi connectivity index (χ4n) is 1.78. The van der Waals surface area contributed by atoms with E-state index in [1.165, 1.54) is 24.3 Å². The van der Waals surface area contributed by atoms with Crippen molar-refractivity contribution in [3.63, 3.8) is 0 Å². The van der Waals surface area contributed by atoms with Gasteiger partial charge in [-0.15, -0.1) is 0 Å². The molecule has 3 N–H and O–H groups in total. The molecule has 0 saturated carbocycles. The smallest absolute Gasteiger partial charge is 0.268 e. The Kier molecular flexibility index (Phi) is 3.01. The number of aromatic nitrogens is 1. The van der Waals surface area contributed by atoms with E-state index in [4.69, 9.17) is 16.3 Å². The fourth-order valence-corrected chi connectivity index (χ4v) is 1.78. The van der Waals surface area contributed by atoms with Crippen molar-refractivity contribution >= 4 is 5.82 Å². The predicted octanol–water partition coefficient (Wildman–Crippen LogP) is 1.51. The Labute approximate surface area is 107 Å². The zero-order valence-corrected chi connectivity index (χ0v) is 9.57. The first-order valence-corrected chi connectivity index (χ1v) is 5.21. The molecule has 0 radical (unpaired) electrons. The summed E-state index contributed by atoms with van der Waals surface area (Å²) in [6.45, 7) is 0. The van der Waals surface area contributed by atoms with E-state index in [0.29, 0.717) is 0 Å². The van der Waals surface area contributed by atoms with Gasteiger partial charge in [0, 0.05) is 11.1 Å². The Morgan fingerprint density at radius 1 is 1.16 bits per heavy atom. The standard InChI is InChI=1S/C13H7FN4O/c14-10-4-2-1-3-7(10)11-8(5-15)12(17)18-13(19)9(11)6-16/h1-4H,(H3,17,18,19). The van der Waals surface area contributed by atoms with E-state index < -0.39 is 11.4 Å². The summed E-state index contributed by atoms with van der Waals surface area (Å²) in [7, 11) is 0. The van der Waals surface area contributed by atoms with Crippen molar-refractivity contribution in [2.45, 2.75) is 0 Å². The minimum Gasteiger partial charge on any atom is -0.384 e.